The van der Waals surface area contributed by atoms with Crippen molar-refractivity contribution < 1.29 is 14.7 Å². The zero-order chi connectivity index (χ0) is 13.1. The number of halogens is 1. The summed E-state index contributed by atoms with van der Waals surface area (Å²) in [4.78, 5) is 28.9. The monoisotopic (exact) mass is 312 g/mol. The number of likely N-dealkylation sites (tertiary alicyclic amines) is 1. The lowest BCUT2D eigenvalue weighted by molar-refractivity contribution is -0.143. The Morgan fingerprint density at radius 3 is 2.83 bits per heavy atom. The van der Waals surface area contributed by atoms with Crippen LogP contribution in [0.15, 0.2) is 22.8 Å². The summed E-state index contributed by atoms with van der Waals surface area (Å²) < 4.78 is 0.567. The summed E-state index contributed by atoms with van der Waals surface area (Å²) in [7, 11) is 0. The predicted molar refractivity (Wildman–Crippen MR) is 68.2 cm³/mol. The van der Waals surface area contributed by atoms with Gasteiger partial charge in [0.05, 0.1) is 0 Å². The molecule has 0 bridgehead atoms. The van der Waals surface area contributed by atoms with Gasteiger partial charge in [-0.2, -0.15) is 0 Å². The first kappa shape index (κ1) is 13.0. The summed E-state index contributed by atoms with van der Waals surface area (Å²) in [6.45, 7) is 0.476. The fourth-order valence-corrected chi connectivity index (χ4v) is 2.45. The molecule has 2 rings (SSSR count). The molecule has 0 saturated carbocycles. The minimum absolute atomic E-state index is 0.275. The normalized spacial score (nSPS) is 19.6. The van der Waals surface area contributed by atoms with Crippen molar-refractivity contribution in [1.82, 2.24) is 9.88 Å². The molecule has 1 fully saturated rings. The fraction of sp³-hybridized carbons (Fsp3) is 0.417. The molecule has 0 aliphatic carbocycles. The fourth-order valence-electron chi connectivity index (χ4n) is 2.11. The number of carboxylic acids is 1. The molecule has 18 heavy (non-hydrogen) atoms. The van der Waals surface area contributed by atoms with Gasteiger partial charge in [0, 0.05) is 6.54 Å². The zero-order valence-electron chi connectivity index (χ0n) is 9.67. The highest BCUT2D eigenvalue weighted by atomic mass is 79.9. The predicted octanol–water partition coefficient (Wildman–Crippen LogP) is 1.92. The van der Waals surface area contributed by atoms with Crippen LogP contribution >= 0.6 is 15.9 Å². The van der Waals surface area contributed by atoms with E-state index in [0.29, 0.717) is 17.6 Å². The van der Waals surface area contributed by atoms with E-state index in [1.807, 2.05) is 0 Å². The molecular formula is C12H13BrN2O3. The van der Waals surface area contributed by atoms with Crippen LogP contribution in [0.5, 0.6) is 0 Å². The van der Waals surface area contributed by atoms with Crippen LogP contribution in [-0.4, -0.2) is 39.5 Å². The summed E-state index contributed by atoms with van der Waals surface area (Å²) in [5.74, 6) is -1.26. The maximum atomic E-state index is 12.2. The smallest absolute Gasteiger partial charge is 0.326 e. The standard InChI is InChI=1S/C12H13BrN2O3/c13-10-6-3-4-8(14-10)11(16)15-7-2-1-5-9(15)12(17)18/h3-4,6,9H,1-2,5,7H2,(H,17,18)/t9-/m0/s1. The van der Waals surface area contributed by atoms with Gasteiger partial charge >= 0.3 is 5.97 Å². The third-order valence-electron chi connectivity index (χ3n) is 2.98. The van der Waals surface area contributed by atoms with Crippen molar-refractivity contribution in [2.75, 3.05) is 6.54 Å². The van der Waals surface area contributed by atoms with Crippen LogP contribution in [0.4, 0.5) is 0 Å². The molecule has 1 aliphatic heterocycles. The lowest BCUT2D eigenvalue weighted by Crippen LogP contribution is -2.48. The first-order chi connectivity index (χ1) is 8.59. The SMILES string of the molecule is O=C(O)[C@@H]1CCCCN1C(=O)c1cccc(Br)n1. The highest BCUT2D eigenvalue weighted by Gasteiger charge is 2.32. The van der Waals surface area contributed by atoms with Crippen LogP contribution in [-0.2, 0) is 4.79 Å². The molecule has 0 spiro atoms. The van der Waals surface area contributed by atoms with Crippen molar-refractivity contribution in [1.29, 1.82) is 0 Å². The van der Waals surface area contributed by atoms with E-state index in [9.17, 15) is 9.59 Å². The van der Waals surface area contributed by atoms with E-state index in [-0.39, 0.29) is 11.6 Å². The number of carbonyl (C=O) groups excluding carboxylic acids is 1. The molecule has 1 saturated heterocycles. The van der Waals surface area contributed by atoms with Gasteiger partial charge in [-0.1, -0.05) is 6.07 Å². The van der Waals surface area contributed by atoms with E-state index in [4.69, 9.17) is 5.11 Å². The van der Waals surface area contributed by atoms with E-state index >= 15 is 0 Å². The Bertz CT molecular complexity index is 478. The summed E-state index contributed by atoms with van der Waals surface area (Å²) in [6, 6.07) is 4.30. The molecule has 0 radical (unpaired) electrons. The Labute approximate surface area is 113 Å². The highest BCUT2D eigenvalue weighted by Crippen LogP contribution is 2.20. The molecule has 96 valence electrons. The second kappa shape index (κ2) is 5.48. The van der Waals surface area contributed by atoms with Crippen molar-refractivity contribution in [2.45, 2.75) is 25.3 Å². The lowest BCUT2D eigenvalue weighted by atomic mass is 10.0. The largest absolute Gasteiger partial charge is 0.480 e. The van der Waals surface area contributed by atoms with Gasteiger partial charge in [-0.25, -0.2) is 9.78 Å². The summed E-state index contributed by atoms with van der Waals surface area (Å²) in [5.41, 5.74) is 0.275. The third-order valence-corrected chi connectivity index (χ3v) is 3.42. The molecule has 1 amide bonds. The second-order valence-corrected chi connectivity index (χ2v) is 5.01. The van der Waals surface area contributed by atoms with Crippen molar-refractivity contribution >= 4 is 27.8 Å². The van der Waals surface area contributed by atoms with Gasteiger partial charge in [-0.15, -0.1) is 0 Å². The average Bonchev–Trinajstić information content (AvgIpc) is 2.38. The maximum absolute atomic E-state index is 12.2. The van der Waals surface area contributed by atoms with Crippen LogP contribution in [0.1, 0.15) is 29.8 Å². The quantitative estimate of drug-likeness (QED) is 0.847. The summed E-state index contributed by atoms with van der Waals surface area (Å²) >= 11 is 3.20. The topological polar surface area (TPSA) is 70.5 Å². The summed E-state index contributed by atoms with van der Waals surface area (Å²) in [6.07, 6.45) is 2.19. The molecule has 1 atom stereocenters. The van der Waals surface area contributed by atoms with Gasteiger partial charge in [-0.05, 0) is 47.3 Å². The van der Waals surface area contributed by atoms with Gasteiger partial charge in [0.2, 0.25) is 0 Å². The van der Waals surface area contributed by atoms with Crippen molar-refractivity contribution in [3.8, 4) is 0 Å². The number of carbonyl (C=O) groups is 2. The Morgan fingerprint density at radius 2 is 2.17 bits per heavy atom. The number of amides is 1. The maximum Gasteiger partial charge on any atom is 0.326 e. The molecule has 6 heteroatoms. The number of piperidine rings is 1. The van der Waals surface area contributed by atoms with Gasteiger partial charge < -0.3 is 10.0 Å². The Hall–Kier alpha value is -1.43. The van der Waals surface area contributed by atoms with Crippen molar-refractivity contribution in [3.05, 3.63) is 28.5 Å². The number of hydrogen-bond acceptors (Lipinski definition) is 3. The molecule has 1 aromatic rings. The molecule has 0 unspecified atom stereocenters. The van der Waals surface area contributed by atoms with Gasteiger partial charge in [0.15, 0.2) is 0 Å². The third kappa shape index (κ3) is 2.69. The van der Waals surface area contributed by atoms with E-state index < -0.39 is 12.0 Å². The van der Waals surface area contributed by atoms with Crippen molar-refractivity contribution in [3.63, 3.8) is 0 Å². The number of aliphatic carboxylic acids is 1. The molecule has 1 N–H and O–H groups in total. The number of hydrogen-bond donors (Lipinski definition) is 1. The highest BCUT2D eigenvalue weighted by molar-refractivity contribution is 9.10. The number of nitrogens with zero attached hydrogens (tertiary/aromatic N) is 2. The van der Waals surface area contributed by atoms with E-state index in [0.717, 1.165) is 12.8 Å². The number of carboxylic acid groups (broad SMARTS) is 1. The van der Waals surface area contributed by atoms with Crippen LogP contribution in [0, 0.1) is 0 Å². The first-order valence-electron chi connectivity index (χ1n) is 5.76. The zero-order valence-corrected chi connectivity index (χ0v) is 11.3. The lowest BCUT2D eigenvalue weighted by Gasteiger charge is -2.32. The van der Waals surface area contributed by atoms with E-state index in [1.165, 1.54) is 4.90 Å². The minimum atomic E-state index is -0.946. The number of pyridine rings is 1. The Balaban J connectivity index is 2.23. The van der Waals surface area contributed by atoms with Gasteiger partial charge in [0.25, 0.3) is 5.91 Å². The minimum Gasteiger partial charge on any atom is -0.480 e. The van der Waals surface area contributed by atoms with Gasteiger partial charge in [0.1, 0.15) is 16.3 Å². The Morgan fingerprint density at radius 1 is 1.39 bits per heavy atom. The average molecular weight is 313 g/mol. The molecule has 1 aromatic heterocycles. The van der Waals surface area contributed by atoms with E-state index in [2.05, 4.69) is 20.9 Å². The molecular weight excluding hydrogens is 300 g/mol. The molecule has 2 heterocycles. The van der Waals surface area contributed by atoms with Crippen LogP contribution in [0.2, 0.25) is 0 Å². The Kier molecular flexibility index (Phi) is 3.96. The summed E-state index contributed by atoms with van der Waals surface area (Å²) in [5, 5.41) is 9.14. The first-order valence-corrected chi connectivity index (χ1v) is 6.55. The van der Waals surface area contributed by atoms with E-state index in [1.54, 1.807) is 18.2 Å². The second-order valence-electron chi connectivity index (χ2n) is 4.19. The van der Waals surface area contributed by atoms with Crippen LogP contribution < -0.4 is 0 Å². The molecule has 5 nitrogen and oxygen atoms in total. The van der Waals surface area contributed by atoms with Crippen molar-refractivity contribution in [2.24, 2.45) is 0 Å². The number of aromatic nitrogens is 1. The number of rotatable bonds is 2. The molecule has 1 aliphatic rings. The molecule has 0 aromatic carbocycles. The van der Waals surface area contributed by atoms with Crippen LogP contribution in [0.3, 0.4) is 0 Å². The van der Waals surface area contributed by atoms with Crippen LogP contribution in [0.25, 0.3) is 0 Å². The van der Waals surface area contributed by atoms with Gasteiger partial charge in [-0.3, -0.25) is 4.79 Å².